The lowest BCUT2D eigenvalue weighted by Gasteiger charge is -2.59. The van der Waals surface area contributed by atoms with Gasteiger partial charge in [-0.1, -0.05) is 13.8 Å². The first-order chi connectivity index (χ1) is 14.7. The summed E-state index contributed by atoms with van der Waals surface area (Å²) < 4.78 is 41.6. The van der Waals surface area contributed by atoms with Gasteiger partial charge in [0.05, 0.1) is 36.6 Å². The molecule has 6 saturated heterocycles. The van der Waals surface area contributed by atoms with Gasteiger partial charge in [-0.05, 0) is 25.7 Å². The standard InChI is InChI=1S/C22H32O9/c1-10(2)6-7-15(28-13(5)24)20(27-11(3)8-25-12(4)23)29-18-14-9-26-19-17-16(18)21(14)30-22(17,19)31-21/h10-11,14-20H,6-9H2,1-5H3. The monoisotopic (exact) mass is 440 g/mol. The first-order valence-electron chi connectivity index (χ1n) is 11.3. The van der Waals surface area contributed by atoms with Crippen LogP contribution in [0.25, 0.3) is 0 Å². The minimum Gasteiger partial charge on any atom is -0.463 e. The van der Waals surface area contributed by atoms with E-state index in [0.29, 0.717) is 18.9 Å². The van der Waals surface area contributed by atoms with Crippen LogP contribution in [-0.4, -0.2) is 67.4 Å². The van der Waals surface area contributed by atoms with Crippen molar-refractivity contribution in [1.82, 2.24) is 0 Å². The molecule has 5 bridgehead atoms. The van der Waals surface area contributed by atoms with Gasteiger partial charge in [-0.15, -0.1) is 0 Å². The largest absolute Gasteiger partial charge is 0.463 e. The smallest absolute Gasteiger partial charge is 0.303 e. The first kappa shape index (κ1) is 21.6. The molecule has 6 heterocycles. The quantitative estimate of drug-likeness (QED) is 0.351. The van der Waals surface area contributed by atoms with Crippen LogP contribution in [0.1, 0.15) is 47.5 Å². The molecule has 8 fully saturated rings. The molecule has 9 nitrogen and oxygen atoms in total. The van der Waals surface area contributed by atoms with Crippen molar-refractivity contribution < 1.29 is 42.7 Å². The van der Waals surface area contributed by atoms with Gasteiger partial charge >= 0.3 is 11.9 Å². The maximum atomic E-state index is 11.8. The highest BCUT2D eigenvalue weighted by Gasteiger charge is 3.00. The molecule has 2 aliphatic carbocycles. The lowest BCUT2D eigenvalue weighted by molar-refractivity contribution is -0.508. The molecule has 6 aliphatic heterocycles. The molecule has 0 aromatic heterocycles. The SMILES string of the molecule is CC(=O)OCC(C)OC(OC1C2COC3C4C1C21OC34O1)C(CCC(C)C)OC(C)=O. The molecule has 0 aromatic rings. The third-order valence-corrected chi connectivity index (χ3v) is 7.12. The topological polar surface area (TPSA) is 98.8 Å². The molecule has 174 valence electrons. The summed E-state index contributed by atoms with van der Waals surface area (Å²) in [5.74, 6) is -1.21. The second-order valence-corrected chi connectivity index (χ2v) is 9.90. The molecule has 9 heteroatoms. The maximum Gasteiger partial charge on any atom is 0.303 e. The van der Waals surface area contributed by atoms with E-state index in [4.69, 9.17) is 33.2 Å². The molecule has 31 heavy (non-hydrogen) atoms. The van der Waals surface area contributed by atoms with Crippen LogP contribution in [0.3, 0.4) is 0 Å². The number of esters is 2. The molecule has 2 spiro atoms. The van der Waals surface area contributed by atoms with Crippen molar-refractivity contribution in [2.24, 2.45) is 23.7 Å². The summed E-state index contributed by atoms with van der Waals surface area (Å²) in [5, 5.41) is 0. The highest BCUT2D eigenvalue weighted by Crippen LogP contribution is 2.84. The van der Waals surface area contributed by atoms with Crippen molar-refractivity contribution in [2.45, 2.75) is 89.7 Å². The van der Waals surface area contributed by atoms with Crippen molar-refractivity contribution in [3.05, 3.63) is 0 Å². The molecule has 8 unspecified atom stereocenters. The lowest BCUT2D eigenvalue weighted by atomic mass is 9.65. The maximum absolute atomic E-state index is 11.8. The predicted octanol–water partition coefficient (Wildman–Crippen LogP) is 1.76. The van der Waals surface area contributed by atoms with Crippen molar-refractivity contribution >= 4 is 11.9 Å². The van der Waals surface area contributed by atoms with Crippen LogP contribution in [0.2, 0.25) is 0 Å². The van der Waals surface area contributed by atoms with Gasteiger partial charge in [0.15, 0.2) is 18.2 Å². The Morgan fingerprint density at radius 1 is 1.03 bits per heavy atom. The van der Waals surface area contributed by atoms with E-state index in [1.54, 1.807) is 6.92 Å². The minimum absolute atomic E-state index is 0.00885. The molecule has 0 aromatic carbocycles. The van der Waals surface area contributed by atoms with Gasteiger partial charge in [-0.2, -0.15) is 0 Å². The fourth-order valence-corrected chi connectivity index (χ4v) is 5.76. The summed E-state index contributed by atoms with van der Waals surface area (Å²) in [5.41, 5.74) is 0. The third-order valence-electron chi connectivity index (χ3n) is 7.12. The molecular weight excluding hydrogens is 408 g/mol. The Kier molecular flexibility index (Phi) is 5.14. The number of rotatable bonds is 11. The summed E-state index contributed by atoms with van der Waals surface area (Å²) in [4.78, 5) is 23.0. The highest BCUT2D eigenvalue weighted by atomic mass is 16.9. The van der Waals surface area contributed by atoms with Crippen LogP contribution in [-0.2, 0) is 42.7 Å². The molecule has 8 atom stereocenters. The Balaban J connectivity index is 1.31. The van der Waals surface area contributed by atoms with E-state index in [0.717, 1.165) is 6.42 Å². The second-order valence-electron chi connectivity index (χ2n) is 9.90. The van der Waals surface area contributed by atoms with Crippen molar-refractivity contribution in [3.63, 3.8) is 0 Å². The zero-order valence-corrected chi connectivity index (χ0v) is 18.7. The van der Waals surface area contributed by atoms with Crippen molar-refractivity contribution in [2.75, 3.05) is 13.2 Å². The average Bonchev–Trinajstić information content (AvgIpc) is 3.25. The number of hydrogen-bond acceptors (Lipinski definition) is 9. The zero-order valence-electron chi connectivity index (χ0n) is 18.7. The summed E-state index contributed by atoms with van der Waals surface area (Å²) >= 11 is 0. The Bertz CT molecular complexity index is 745. The van der Waals surface area contributed by atoms with Crippen molar-refractivity contribution in [3.8, 4) is 0 Å². The Morgan fingerprint density at radius 3 is 2.42 bits per heavy atom. The van der Waals surface area contributed by atoms with E-state index in [9.17, 15) is 9.59 Å². The number of ether oxygens (including phenoxy) is 7. The van der Waals surface area contributed by atoms with E-state index in [1.807, 2.05) is 0 Å². The zero-order chi connectivity index (χ0) is 22.1. The van der Waals surface area contributed by atoms with Gasteiger partial charge in [-0.3, -0.25) is 9.59 Å². The molecule has 8 aliphatic rings. The molecule has 8 rings (SSSR count). The average molecular weight is 440 g/mol. The van der Waals surface area contributed by atoms with Crippen molar-refractivity contribution in [1.29, 1.82) is 0 Å². The summed E-state index contributed by atoms with van der Waals surface area (Å²) in [6.45, 7) is 9.38. The van der Waals surface area contributed by atoms with Crippen LogP contribution >= 0.6 is 0 Å². The van der Waals surface area contributed by atoms with Crippen LogP contribution in [0, 0.1) is 23.7 Å². The van der Waals surface area contributed by atoms with E-state index in [2.05, 4.69) is 13.8 Å². The minimum atomic E-state index is -0.790. The van der Waals surface area contributed by atoms with E-state index >= 15 is 0 Å². The lowest BCUT2D eigenvalue weighted by Crippen LogP contribution is -2.73. The van der Waals surface area contributed by atoms with Gasteiger partial charge in [0.1, 0.15) is 12.7 Å². The van der Waals surface area contributed by atoms with Gasteiger partial charge in [0.2, 0.25) is 5.79 Å². The van der Waals surface area contributed by atoms with Crippen LogP contribution in [0.15, 0.2) is 0 Å². The van der Waals surface area contributed by atoms with Gasteiger partial charge < -0.3 is 33.2 Å². The van der Waals surface area contributed by atoms with Crippen LogP contribution in [0.4, 0.5) is 0 Å². The van der Waals surface area contributed by atoms with Gasteiger partial charge in [0.25, 0.3) is 0 Å². The van der Waals surface area contributed by atoms with E-state index in [-0.39, 0.29) is 48.5 Å². The molecule has 2 saturated carbocycles. The normalized spacial score (nSPS) is 43.2. The van der Waals surface area contributed by atoms with Gasteiger partial charge in [-0.25, -0.2) is 0 Å². The molecule has 0 amide bonds. The van der Waals surface area contributed by atoms with Crippen LogP contribution < -0.4 is 0 Å². The number of hydrogen-bond donors (Lipinski definition) is 0. The van der Waals surface area contributed by atoms with E-state index < -0.39 is 30.1 Å². The Hall–Kier alpha value is -1.26. The summed E-state index contributed by atoms with van der Waals surface area (Å²) in [6, 6.07) is 0. The highest BCUT2D eigenvalue weighted by molar-refractivity contribution is 5.66. The summed E-state index contributed by atoms with van der Waals surface area (Å²) in [7, 11) is 0. The predicted molar refractivity (Wildman–Crippen MR) is 103 cm³/mol. The van der Waals surface area contributed by atoms with E-state index in [1.165, 1.54) is 13.8 Å². The number of carbonyl (C=O) groups is 2. The number of carbonyl (C=O) groups excluding carboxylic acids is 2. The second kappa shape index (κ2) is 7.38. The Morgan fingerprint density at radius 2 is 1.77 bits per heavy atom. The fourth-order valence-electron chi connectivity index (χ4n) is 5.76. The van der Waals surface area contributed by atoms with Crippen LogP contribution in [0.5, 0.6) is 0 Å². The fraction of sp³-hybridized carbons (Fsp3) is 0.909. The third kappa shape index (κ3) is 3.23. The summed E-state index contributed by atoms with van der Waals surface area (Å²) in [6.07, 6.45) is -0.498. The molecule has 0 N–H and O–H groups in total. The molecular formula is C22H32O9. The van der Waals surface area contributed by atoms with Gasteiger partial charge in [0, 0.05) is 13.8 Å². The molecule has 0 radical (unpaired) electrons. The Labute approximate surface area is 181 Å². The first-order valence-corrected chi connectivity index (χ1v) is 11.3.